The van der Waals surface area contributed by atoms with Crippen molar-refractivity contribution in [3.63, 3.8) is 0 Å². The van der Waals surface area contributed by atoms with E-state index in [2.05, 4.69) is 29.4 Å². The summed E-state index contributed by atoms with van der Waals surface area (Å²) in [6.07, 6.45) is 0. The number of carbonyl (C=O) groups is 1. The molecule has 1 amide bonds. The number of nitro groups is 1. The molecule has 25 heavy (non-hydrogen) atoms. The highest BCUT2D eigenvalue weighted by Crippen LogP contribution is 2.31. The van der Waals surface area contributed by atoms with Crippen LogP contribution in [0.15, 0.2) is 26.9 Å². The van der Waals surface area contributed by atoms with E-state index in [1.54, 1.807) is 30.8 Å². The van der Waals surface area contributed by atoms with E-state index in [9.17, 15) is 14.9 Å². The summed E-state index contributed by atoms with van der Waals surface area (Å²) < 4.78 is 1.59. The third kappa shape index (κ3) is 5.98. The second kappa shape index (κ2) is 9.16. The van der Waals surface area contributed by atoms with Gasteiger partial charge in [0.05, 0.1) is 10.7 Å². The molecule has 2 aromatic rings. The van der Waals surface area contributed by atoms with Gasteiger partial charge >= 0.3 is 0 Å². The van der Waals surface area contributed by atoms with Gasteiger partial charge in [-0.2, -0.15) is 0 Å². The maximum atomic E-state index is 12.1. The summed E-state index contributed by atoms with van der Waals surface area (Å²) in [5.74, 6) is 1.35. The van der Waals surface area contributed by atoms with E-state index in [4.69, 9.17) is 0 Å². The van der Waals surface area contributed by atoms with Crippen LogP contribution in [0.5, 0.6) is 0 Å². The molecule has 0 aliphatic heterocycles. The molecule has 0 aliphatic carbocycles. The number of rotatable bonds is 8. The number of benzene rings is 1. The van der Waals surface area contributed by atoms with Gasteiger partial charge in [0.2, 0.25) is 5.91 Å². The summed E-state index contributed by atoms with van der Waals surface area (Å²) in [7, 11) is 0. The molecule has 7 nitrogen and oxygen atoms in total. The van der Waals surface area contributed by atoms with Crippen LogP contribution in [-0.4, -0.2) is 32.5 Å². The fourth-order valence-electron chi connectivity index (χ4n) is 1.82. The second-order valence-electron chi connectivity index (χ2n) is 5.60. The van der Waals surface area contributed by atoms with Gasteiger partial charge in [-0.05, 0) is 18.4 Å². The van der Waals surface area contributed by atoms with Crippen LogP contribution in [0.2, 0.25) is 0 Å². The van der Waals surface area contributed by atoms with Gasteiger partial charge in [-0.25, -0.2) is 0 Å². The van der Waals surface area contributed by atoms with Crippen LogP contribution in [-0.2, 0) is 4.79 Å². The van der Waals surface area contributed by atoms with Crippen molar-refractivity contribution in [1.82, 2.24) is 10.2 Å². The third-order valence-electron chi connectivity index (χ3n) is 2.97. The SMILES string of the molecule is Cc1cccc([N+](=O)[O-])c1NC(=O)CSc1nnc(SCC(C)C)s1. The normalized spacial score (nSPS) is 10.9. The molecule has 134 valence electrons. The number of carbonyl (C=O) groups excluding carboxylic acids is 1. The van der Waals surface area contributed by atoms with Crippen molar-refractivity contribution in [1.29, 1.82) is 0 Å². The van der Waals surface area contributed by atoms with Crippen LogP contribution in [0.4, 0.5) is 11.4 Å². The smallest absolute Gasteiger partial charge is 0.293 e. The third-order valence-corrected chi connectivity index (χ3v) is 6.58. The summed E-state index contributed by atoms with van der Waals surface area (Å²) in [5, 5.41) is 21.9. The van der Waals surface area contributed by atoms with E-state index < -0.39 is 4.92 Å². The maximum Gasteiger partial charge on any atom is 0.293 e. The average Bonchev–Trinajstić information content (AvgIpc) is 3.00. The number of anilines is 1. The van der Waals surface area contributed by atoms with Gasteiger partial charge < -0.3 is 5.32 Å². The van der Waals surface area contributed by atoms with E-state index in [0.29, 0.717) is 15.8 Å². The first-order valence-electron chi connectivity index (χ1n) is 7.49. The van der Waals surface area contributed by atoms with Crippen LogP contribution in [0.3, 0.4) is 0 Å². The largest absolute Gasteiger partial charge is 0.319 e. The maximum absolute atomic E-state index is 12.1. The Balaban J connectivity index is 1.93. The topological polar surface area (TPSA) is 98.0 Å². The Hall–Kier alpha value is -1.65. The van der Waals surface area contributed by atoms with Gasteiger partial charge in [0.25, 0.3) is 5.69 Å². The molecule has 0 unspecified atom stereocenters. The van der Waals surface area contributed by atoms with Crippen molar-refractivity contribution in [2.75, 3.05) is 16.8 Å². The Morgan fingerprint density at radius 1 is 1.32 bits per heavy atom. The molecule has 10 heteroatoms. The molecule has 1 aromatic heterocycles. The highest BCUT2D eigenvalue weighted by atomic mass is 32.2. The van der Waals surface area contributed by atoms with Crippen molar-refractivity contribution in [2.24, 2.45) is 5.92 Å². The number of aromatic nitrogens is 2. The van der Waals surface area contributed by atoms with Crippen LogP contribution in [0, 0.1) is 23.0 Å². The second-order valence-corrected chi connectivity index (χ2v) is 9.07. The summed E-state index contributed by atoms with van der Waals surface area (Å²) in [4.78, 5) is 22.7. The van der Waals surface area contributed by atoms with Gasteiger partial charge in [-0.1, -0.05) is 60.8 Å². The first kappa shape index (κ1) is 19.7. The summed E-state index contributed by atoms with van der Waals surface area (Å²) in [5.41, 5.74) is 0.779. The fourth-order valence-corrected chi connectivity index (χ4v) is 4.62. The van der Waals surface area contributed by atoms with Crippen molar-refractivity contribution in [3.8, 4) is 0 Å². The molecular formula is C15H18N4O3S3. The first-order chi connectivity index (χ1) is 11.9. The number of aryl methyl sites for hydroxylation is 1. The van der Waals surface area contributed by atoms with Gasteiger partial charge in [0, 0.05) is 11.8 Å². The lowest BCUT2D eigenvalue weighted by Gasteiger charge is -2.08. The lowest BCUT2D eigenvalue weighted by Crippen LogP contribution is -2.16. The Kier molecular flexibility index (Phi) is 7.21. The first-order valence-corrected chi connectivity index (χ1v) is 10.3. The van der Waals surface area contributed by atoms with E-state index in [1.807, 2.05) is 0 Å². The number of nitrogens with one attached hydrogen (secondary N) is 1. The minimum absolute atomic E-state index is 0.110. The molecule has 1 aromatic carbocycles. The lowest BCUT2D eigenvalue weighted by atomic mass is 10.1. The summed E-state index contributed by atoms with van der Waals surface area (Å²) >= 11 is 4.37. The zero-order valence-electron chi connectivity index (χ0n) is 14.0. The molecule has 0 fully saturated rings. The van der Waals surface area contributed by atoms with Crippen LogP contribution in [0.25, 0.3) is 0 Å². The molecule has 1 heterocycles. The lowest BCUT2D eigenvalue weighted by molar-refractivity contribution is -0.384. The van der Waals surface area contributed by atoms with Gasteiger partial charge in [-0.15, -0.1) is 10.2 Å². The number of hydrogen-bond donors (Lipinski definition) is 1. The van der Waals surface area contributed by atoms with E-state index in [0.717, 1.165) is 10.1 Å². The standard InChI is InChI=1S/C15H18N4O3S3/c1-9(2)7-23-14-17-18-15(25-14)24-8-12(20)16-13-10(3)5-4-6-11(13)19(21)22/h4-6,9H,7-8H2,1-3H3,(H,16,20). The molecule has 1 N–H and O–H groups in total. The molecule has 0 saturated heterocycles. The Bertz CT molecular complexity index is 764. The summed E-state index contributed by atoms with van der Waals surface area (Å²) in [6, 6.07) is 4.69. The van der Waals surface area contributed by atoms with Crippen LogP contribution in [0.1, 0.15) is 19.4 Å². The van der Waals surface area contributed by atoms with Gasteiger partial charge in [0.1, 0.15) is 5.69 Å². The Labute approximate surface area is 158 Å². The summed E-state index contributed by atoms with van der Waals surface area (Å²) in [6.45, 7) is 6.00. The van der Waals surface area contributed by atoms with Crippen molar-refractivity contribution in [2.45, 2.75) is 29.5 Å². The Morgan fingerprint density at radius 2 is 2.00 bits per heavy atom. The molecule has 0 radical (unpaired) electrons. The molecular weight excluding hydrogens is 380 g/mol. The number of para-hydroxylation sites is 1. The molecule has 0 aliphatic rings. The van der Waals surface area contributed by atoms with Crippen LogP contribution < -0.4 is 5.32 Å². The number of hydrogen-bond acceptors (Lipinski definition) is 8. The number of amides is 1. The molecule has 0 atom stereocenters. The zero-order chi connectivity index (χ0) is 18.4. The molecule has 0 spiro atoms. The van der Waals surface area contributed by atoms with Crippen LogP contribution >= 0.6 is 34.9 Å². The minimum atomic E-state index is -0.501. The van der Waals surface area contributed by atoms with Gasteiger partial charge in [-0.3, -0.25) is 14.9 Å². The van der Waals surface area contributed by atoms with E-state index in [-0.39, 0.29) is 23.0 Å². The van der Waals surface area contributed by atoms with E-state index >= 15 is 0 Å². The van der Waals surface area contributed by atoms with Crippen molar-refractivity contribution < 1.29 is 9.72 Å². The van der Waals surface area contributed by atoms with E-state index in [1.165, 1.54) is 29.2 Å². The zero-order valence-corrected chi connectivity index (χ0v) is 16.5. The fraction of sp³-hybridized carbons (Fsp3) is 0.400. The number of nitro benzene ring substituents is 1. The highest BCUT2D eigenvalue weighted by molar-refractivity contribution is 8.03. The molecule has 0 saturated carbocycles. The van der Waals surface area contributed by atoms with Crippen molar-refractivity contribution >= 4 is 52.1 Å². The van der Waals surface area contributed by atoms with Gasteiger partial charge in [0.15, 0.2) is 8.68 Å². The molecule has 0 bridgehead atoms. The molecule has 2 rings (SSSR count). The Morgan fingerprint density at radius 3 is 2.64 bits per heavy atom. The monoisotopic (exact) mass is 398 g/mol. The minimum Gasteiger partial charge on any atom is -0.319 e. The predicted molar refractivity (Wildman–Crippen MR) is 103 cm³/mol. The van der Waals surface area contributed by atoms with Crippen molar-refractivity contribution in [3.05, 3.63) is 33.9 Å². The number of nitrogens with zero attached hydrogens (tertiary/aromatic N) is 3. The quantitative estimate of drug-likeness (QED) is 0.403. The highest BCUT2D eigenvalue weighted by Gasteiger charge is 2.18. The predicted octanol–water partition coefficient (Wildman–Crippen LogP) is 4.23. The average molecular weight is 399 g/mol. The number of thioether (sulfide) groups is 2.